The summed E-state index contributed by atoms with van der Waals surface area (Å²) in [5, 5.41) is 0. The smallest absolute Gasteiger partial charge is 0.274 e. The van der Waals surface area contributed by atoms with Gasteiger partial charge in [0.2, 0.25) is 0 Å². The third kappa shape index (κ3) is 4.51. The van der Waals surface area contributed by atoms with E-state index in [-0.39, 0.29) is 17.9 Å². The van der Waals surface area contributed by atoms with E-state index >= 15 is 0 Å². The minimum atomic E-state index is -1.66. The fourth-order valence-corrected chi connectivity index (χ4v) is 3.81. The molecule has 148 valence electrons. The zero-order valence-corrected chi connectivity index (χ0v) is 17.2. The van der Waals surface area contributed by atoms with E-state index < -0.39 is 6.08 Å². The van der Waals surface area contributed by atoms with Crippen molar-refractivity contribution in [3.8, 4) is 11.5 Å². The highest BCUT2D eigenvalue weighted by molar-refractivity contribution is 9.10. The van der Waals surface area contributed by atoms with E-state index in [2.05, 4.69) is 15.9 Å². The van der Waals surface area contributed by atoms with E-state index in [9.17, 15) is 8.78 Å². The molecule has 0 N–H and O–H groups in total. The lowest BCUT2D eigenvalue weighted by Crippen LogP contribution is -2.15. The van der Waals surface area contributed by atoms with Crippen molar-refractivity contribution in [2.75, 3.05) is 13.2 Å². The summed E-state index contributed by atoms with van der Waals surface area (Å²) >= 11 is 3.36. The Balaban J connectivity index is 1.75. The molecule has 2 nitrogen and oxygen atoms in total. The molecule has 3 aromatic carbocycles. The highest BCUT2D eigenvalue weighted by Crippen LogP contribution is 2.40. The summed E-state index contributed by atoms with van der Waals surface area (Å²) in [6, 6.07) is 22.4. The molecule has 1 unspecified atom stereocenters. The van der Waals surface area contributed by atoms with Crippen molar-refractivity contribution < 1.29 is 18.3 Å². The number of benzene rings is 3. The number of ether oxygens (including phenoxy) is 2. The standard InChI is InChI=1S/C24H19BrF2O2/c25-19-9-6-17(7-10-19)21(24(26)27)15-20(16-4-2-1-3-5-16)18-8-11-22-23(14-18)29-13-12-28-22/h1-11,14,20H,12-13,15H2. The quantitative estimate of drug-likeness (QED) is 0.409. The minimum absolute atomic E-state index is 0.0428. The van der Waals surface area contributed by atoms with Gasteiger partial charge in [-0.2, -0.15) is 8.78 Å². The van der Waals surface area contributed by atoms with Crippen molar-refractivity contribution in [1.29, 1.82) is 0 Å². The normalized spacial score (nSPS) is 13.6. The summed E-state index contributed by atoms with van der Waals surface area (Å²) in [5.41, 5.74) is 2.45. The molecule has 0 amide bonds. The van der Waals surface area contributed by atoms with Crippen molar-refractivity contribution in [2.24, 2.45) is 0 Å². The first kappa shape index (κ1) is 19.6. The molecular weight excluding hydrogens is 438 g/mol. The van der Waals surface area contributed by atoms with Crippen LogP contribution in [0.25, 0.3) is 5.57 Å². The van der Waals surface area contributed by atoms with Crippen LogP contribution >= 0.6 is 15.9 Å². The number of hydrogen-bond donors (Lipinski definition) is 0. The Hall–Kier alpha value is -2.66. The highest BCUT2D eigenvalue weighted by Gasteiger charge is 2.22. The lowest BCUT2D eigenvalue weighted by atomic mass is 9.84. The molecule has 4 rings (SSSR count). The molecule has 0 fully saturated rings. The first-order valence-electron chi connectivity index (χ1n) is 9.36. The third-order valence-corrected chi connectivity index (χ3v) is 5.53. The monoisotopic (exact) mass is 456 g/mol. The van der Waals surface area contributed by atoms with Crippen LogP contribution in [0.5, 0.6) is 11.5 Å². The lowest BCUT2D eigenvalue weighted by Gasteiger charge is -2.23. The van der Waals surface area contributed by atoms with Gasteiger partial charge in [0.25, 0.3) is 6.08 Å². The molecule has 1 aliphatic rings. The molecule has 0 aliphatic carbocycles. The summed E-state index contributed by atoms with van der Waals surface area (Å²) in [7, 11) is 0. The second-order valence-electron chi connectivity index (χ2n) is 6.82. The van der Waals surface area contributed by atoms with E-state index in [1.807, 2.05) is 48.5 Å². The fraction of sp³-hybridized carbons (Fsp3) is 0.167. The molecule has 1 atom stereocenters. The third-order valence-electron chi connectivity index (χ3n) is 5.00. The van der Waals surface area contributed by atoms with Gasteiger partial charge in [0, 0.05) is 16.0 Å². The van der Waals surface area contributed by atoms with Crippen molar-refractivity contribution in [2.45, 2.75) is 12.3 Å². The summed E-state index contributed by atoms with van der Waals surface area (Å²) < 4.78 is 40.1. The molecule has 0 bridgehead atoms. The zero-order valence-electron chi connectivity index (χ0n) is 15.6. The first-order chi connectivity index (χ1) is 14.1. The molecule has 1 heterocycles. The first-order valence-corrected chi connectivity index (χ1v) is 10.2. The molecule has 5 heteroatoms. The van der Waals surface area contributed by atoms with E-state index in [4.69, 9.17) is 9.47 Å². The van der Waals surface area contributed by atoms with Crippen LogP contribution in [0.4, 0.5) is 8.78 Å². The SMILES string of the molecule is FC(F)=C(CC(c1ccccc1)c1ccc2c(c1)OCCO2)c1ccc(Br)cc1. The van der Waals surface area contributed by atoms with Crippen LogP contribution in [0, 0.1) is 0 Å². The van der Waals surface area contributed by atoms with Gasteiger partial charge < -0.3 is 9.47 Å². The molecule has 0 spiro atoms. The molecule has 29 heavy (non-hydrogen) atoms. The van der Waals surface area contributed by atoms with Crippen molar-refractivity contribution in [1.82, 2.24) is 0 Å². The van der Waals surface area contributed by atoms with Crippen LogP contribution in [0.1, 0.15) is 29.0 Å². The maximum absolute atomic E-state index is 14.0. The van der Waals surface area contributed by atoms with E-state index in [1.165, 1.54) is 0 Å². The van der Waals surface area contributed by atoms with Crippen LogP contribution < -0.4 is 9.47 Å². The number of fused-ring (bicyclic) bond motifs is 1. The van der Waals surface area contributed by atoms with Crippen LogP contribution in [-0.2, 0) is 0 Å². The molecular formula is C24H19BrF2O2. The number of allylic oxidation sites excluding steroid dienone is 1. The van der Waals surface area contributed by atoms with Crippen molar-refractivity contribution in [3.05, 3.63) is 100 Å². The highest BCUT2D eigenvalue weighted by atomic mass is 79.9. The minimum Gasteiger partial charge on any atom is -0.486 e. The lowest BCUT2D eigenvalue weighted by molar-refractivity contribution is 0.171. The Morgan fingerprint density at radius 2 is 1.52 bits per heavy atom. The second-order valence-corrected chi connectivity index (χ2v) is 7.73. The van der Waals surface area contributed by atoms with Crippen LogP contribution in [0.2, 0.25) is 0 Å². The molecule has 0 saturated heterocycles. The topological polar surface area (TPSA) is 18.5 Å². The Labute approximate surface area is 176 Å². The van der Waals surface area contributed by atoms with Crippen molar-refractivity contribution in [3.63, 3.8) is 0 Å². The maximum Gasteiger partial charge on any atom is 0.274 e. The molecule has 1 aliphatic heterocycles. The van der Waals surface area contributed by atoms with Crippen molar-refractivity contribution >= 4 is 21.5 Å². The fourth-order valence-electron chi connectivity index (χ4n) is 3.55. The molecule has 0 aromatic heterocycles. The van der Waals surface area contributed by atoms with Gasteiger partial charge in [0.05, 0.1) is 0 Å². The summed E-state index contributed by atoms with van der Waals surface area (Å²) in [5.74, 6) is 1.10. The maximum atomic E-state index is 14.0. The van der Waals surface area contributed by atoms with Gasteiger partial charge in [-0.05, 0) is 47.4 Å². The molecule has 0 saturated carbocycles. The van der Waals surface area contributed by atoms with Gasteiger partial charge in [0.15, 0.2) is 11.5 Å². The predicted octanol–water partition coefficient (Wildman–Crippen LogP) is 7.05. The van der Waals surface area contributed by atoms with E-state index in [0.717, 1.165) is 15.6 Å². The van der Waals surface area contributed by atoms with Gasteiger partial charge in [-0.25, -0.2) is 0 Å². The van der Waals surface area contributed by atoms with Gasteiger partial charge in [-0.1, -0.05) is 64.5 Å². The zero-order chi connectivity index (χ0) is 20.2. The Morgan fingerprint density at radius 3 is 2.21 bits per heavy atom. The van der Waals surface area contributed by atoms with Crippen LogP contribution in [0.15, 0.2) is 83.3 Å². The van der Waals surface area contributed by atoms with Crippen LogP contribution in [0.3, 0.4) is 0 Å². The van der Waals surface area contributed by atoms with Crippen LogP contribution in [-0.4, -0.2) is 13.2 Å². The largest absolute Gasteiger partial charge is 0.486 e. The Morgan fingerprint density at radius 1 is 0.828 bits per heavy atom. The Kier molecular flexibility index (Phi) is 5.95. The number of halogens is 3. The average Bonchev–Trinajstić information content (AvgIpc) is 2.75. The number of hydrogen-bond acceptors (Lipinski definition) is 2. The predicted molar refractivity (Wildman–Crippen MR) is 114 cm³/mol. The molecule has 3 aromatic rings. The van der Waals surface area contributed by atoms with E-state index in [1.54, 1.807) is 24.3 Å². The molecule has 0 radical (unpaired) electrons. The van der Waals surface area contributed by atoms with Gasteiger partial charge >= 0.3 is 0 Å². The van der Waals surface area contributed by atoms with E-state index in [0.29, 0.717) is 30.3 Å². The second kappa shape index (κ2) is 8.78. The summed E-state index contributed by atoms with van der Waals surface area (Å²) in [4.78, 5) is 0. The summed E-state index contributed by atoms with van der Waals surface area (Å²) in [6.45, 7) is 0.994. The van der Waals surface area contributed by atoms with Gasteiger partial charge in [-0.3, -0.25) is 0 Å². The Bertz CT molecular complexity index is 1010. The van der Waals surface area contributed by atoms with Gasteiger partial charge in [0.1, 0.15) is 13.2 Å². The van der Waals surface area contributed by atoms with Gasteiger partial charge in [-0.15, -0.1) is 0 Å². The number of rotatable bonds is 5. The average molecular weight is 457 g/mol. The summed E-state index contributed by atoms with van der Waals surface area (Å²) in [6.07, 6.45) is -1.49.